The standard InChI is InChI=1S/C19H27Br/c1-12(2)15-10-14-7-8-16-13(3)6-5-9-19(16,4)17(14)11-18(15)20/h10-13,16H,5-9H2,1-4H3. The molecule has 0 aromatic heterocycles. The van der Waals surface area contributed by atoms with Crippen LogP contribution in [0.5, 0.6) is 0 Å². The van der Waals surface area contributed by atoms with E-state index in [1.54, 1.807) is 11.1 Å². The van der Waals surface area contributed by atoms with E-state index >= 15 is 0 Å². The SMILES string of the molecule is CC(C)c1cc2c(cc1Br)C1(C)CCCC(C)C1CC2. The Balaban J connectivity index is 2.10. The molecule has 2 aliphatic rings. The minimum Gasteiger partial charge on any atom is -0.0622 e. The van der Waals surface area contributed by atoms with Gasteiger partial charge < -0.3 is 0 Å². The monoisotopic (exact) mass is 334 g/mol. The molecule has 110 valence electrons. The van der Waals surface area contributed by atoms with Gasteiger partial charge >= 0.3 is 0 Å². The minimum atomic E-state index is 0.420. The van der Waals surface area contributed by atoms with Gasteiger partial charge in [-0.05, 0) is 65.2 Å². The molecule has 0 amide bonds. The lowest BCUT2D eigenvalue weighted by molar-refractivity contribution is 0.117. The van der Waals surface area contributed by atoms with Crippen LogP contribution in [0.15, 0.2) is 16.6 Å². The number of fused-ring (bicyclic) bond motifs is 3. The Morgan fingerprint density at radius 1 is 1.25 bits per heavy atom. The first kappa shape index (κ1) is 14.6. The Morgan fingerprint density at radius 2 is 2.00 bits per heavy atom. The first-order chi connectivity index (χ1) is 9.43. The van der Waals surface area contributed by atoms with Crippen LogP contribution in [0, 0.1) is 11.8 Å². The van der Waals surface area contributed by atoms with E-state index in [-0.39, 0.29) is 0 Å². The van der Waals surface area contributed by atoms with Crippen molar-refractivity contribution in [1.29, 1.82) is 0 Å². The van der Waals surface area contributed by atoms with Gasteiger partial charge in [-0.25, -0.2) is 0 Å². The number of hydrogen-bond acceptors (Lipinski definition) is 0. The summed E-state index contributed by atoms with van der Waals surface area (Å²) < 4.78 is 1.33. The molecule has 0 aliphatic heterocycles. The minimum absolute atomic E-state index is 0.420. The van der Waals surface area contributed by atoms with E-state index in [2.05, 4.69) is 55.8 Å². The molecule has 0 nitrogen and oxygen atoms in total. The third-order valence-corrected chi connectivity index (χ3v) is 6.73. The van der Waals surface area contributed by atoms with Gasteiger partial charge in [-0.15, -0.1) is 0 Å². The second-order valence-corrected chi connectivity index (χ2v) is 8.47. The van der Waals surface area contributed by atoms with Gasteiger partial charge in [-0.3, -0.25) is 0 Å². The van der Waals surface area contributed by atoms with E-state index in [0.717, 1.165) is 11.8 Å². The number of aryl methyl sites for hydroxylation is 1. The van der Waals surface area contributed by atoms with Crippen LogP contribution in [-0.2, 0) is 11.8 Å². The van der Waals surface area contributed by atoms with Crippen LogP contribution in [0.25, 0.3) is 0 Å². The van der Waals surface area contributed by atoms with Crippen molar-refractivity contribution < 1.29 is 0 Å². The van der Waals surface area contributed by atoms with E-state index in [1.165, 1.54) is 42.1 Å². The van der Waals surface area contributed by atoms with Crippen LogP contribution < -0.4 is 0 Å². The average Bonchev–Trinajstić information content (AvgIpc) is 2.38. The second-order valence-electron chi connectivity index (χ2n) is 7.62. The summed E-state index contributed by atoms with van der Waals surface area (Å²) in [6.07, 6.45) is 6.89. The Morgan fingerprint density at radius 3 is 2.70 bits per heavy atom. The topological polar surface area (TPSA) is 0 Å². The number of hydrogen-bond donors (Lipinski definition) is 0. The summed E-state index contributed by atoms with van der Waals surface area (Å²) in [7, 11) is 0. The van der Waals surface area contributed by atoms with E-state index in [1.807, 2.05) is 0 Å². The normalized spacial score (nSPS) is 32.9. The van der Waals surface area contributed by atoms with Crippen molar-refractivity contribution in [3.63, 3.8) is 0 Å². The fraction of sp³-hybridized carbons (Fsp3) is 0.684. The fourth-order valence-electron chi connectivity index (χ4n) is 4.87. The quantitative estimate of drug-likeness (QED) is 0.572. The van der Waals surface area contributed by atoms with Crippen LogP contribution in [0.3, 0.4) is 0 Å². The molecule has 0 N–H and O–H groups in total. The molecule has 1 aromatic carbocycles. The zero-order chi connectivity index (χ0) is 14.5. The highest BCUT2D eigenvalue weighted by Gasteiger charge is 2.44. The van der Waals surface area contributed by atoms with Crippen molar-refractivity contribution in [1.82, 2.24) is 0 Å². The van der Waals surface area contributed by atoms with E-state index in [0.29, 0.717) is 11.3 Å². The molecule has 1 aromatic rings. The molecular weight excluding hydrogens is 308 g/mol. The van der Waals surface area contributed by atoms with Crippen LogP contribution in [0.4, 0.5) is 0 Å². The summed E-state index contributed by atoms with van der Waals surface area (Å²) in [6.45, 7) is 9.60. The second kappa shape index (κ2) is 5.16. The van der Waals surface area contributed by atoms with Crippen molar-refractivity contribution in [3.05, 3.63) is 33.3 Å². The van der Waals surface area contributed by atoms with Gasteiger partial charge in [0.1, 0.15) is 0 Å². The highest BCUT2D eigenvalue weighted by Crippen LogP contribution is 2.53. The molecule has 2 aliphatic carbocycles. The molecular formula is C19H27Br. The molecule has 0 spiro atoms. The van der Waals surface area contributed by atoms with Crippen LogP contribution >= 0.6 is 15.9 Å². The fourth-order valence-corrected chi connectivity index (χ4v) is 5.67. The summed E-state index contributed by atoms with van der Waals surface area (Å²) in [5, 5.41) is 0. The Hall–Kier alpha value is -0.300. The number of rotatable bonds is 1. The van der Waals surface area contributed by atoms with Crippen molar-refractivity contribution >= 4 is 15.9 Å². The van der Waals surface area contributed by atoms with Gasteiger partial charge in [-0.1, -0.05) is 62.5 Å². The maximum absolute atomic E-state index is 3.83. The summed E-state index contributed by atoms with van der Waals surface area (Å²) >= 11 is 3.83. The first-order valence-corrected chi connectivity index (χ1v) is 9.05. The Labute approximate surface area is 132 Å². The highest BCUT2D eigenvalue weighted by atomic mass is 79.9. The first-order valence-electron chi connectivity index (χ1n) is 8.26. The van der Waals surface area contributed by atoms with Gasteiger partial charge in [0.05, 0.1) is 0 Å². The predicted octanol–water partition coefficient (Wildman–Crippen LogP) is 6.21. The highest BCUT2D eigenvalue weighted by molar-refractivity contribution is 9.10. The third-order valence-electron chi connectivity index (χ3n) is 6.05. The Bertz CT molecular complexity index is 517. The van der Waals surface area contributed by atoms with E-state index in [4.69, 9.17) is 0 Å². The third kappa shape index (κ3) is 2.17. The van der Waals surface area contributed by atoms with Crippen LogP contribution in [0.2, 0.25) is 0 Å². The molecule has 1 fully saturated rings. The average molecular weight is 335 g/mol. The van der Waals surface area contributed by atoms with Gasteiger partial charge in [0.15, 0.2) is 0 Å². The Kier molecular flexibility index (Phi) is 3.77. The molecule has 3 atom stereocenters. The van der Waals surface area contributed by atoms with E-state index in [9.17, 15) is 0 Å². The lowest BCUT2D eigenvalue weighted by Gasteiger charge is -2.50. The number of halogens is 1. The summed E-state index contributed by atoms with van der Waals surface area (Å²) in [5.74, 6) is 2.39. The zero-order valence-corrected chi connectivity index (χ0v) is 14.9. The lowest BCUT2D eigenvalue weighted by atomic mass is 9.55. The summed E-state index contributed by atoms with van der Waals surface area (Å²) in [5.41, 5.74) is 5.18. The lowest BCUT2D eigenvalue weighted by Crippen LogP contribution is -2.43. The predicted molar refractivity (Wildman–Crippen MR) is 90.4 cm³/mol. The van der Waals surface area contributed by atoms with Gasteiger partial charge in [0.25, 0.3) is 0 Å². The zero-order valence-electron chi connectivity index (χ0n) is 13.3. The largest absolute Gasteiger partial charge is 0.0622 e. The van der Waals surface area contributed by atoms with Crippen molar-refractivity contribution in [2.45, 2.75) is 71.1 Å². The molecule has 20 heavy (non-hydrogen) atoms. The van der Waals surface area contributed by atoms with Crippen molar-refractivity contribution in [2.75, 3.05) is 0 Å². The summed E-state index contributed by atoms with van der Waals surface area (Å²) in [6, 6.07) is 4.96. The van der Waals surface area contributed by atoms with Crippen molar-refractivity contribution in [2.24, 2.45) is 11.8 Å². The van der Waals surface area contributed by atoms with E-state index < -0.39 is 0 Å². The van der Waals surface area contributed by atoms with Gasteiger partial charge in [0.2, 0.25) is 0 Å². The molecule has 0 saturated heterocycles. The summed E-state index contributed by atoms with van der Waals surface area (Å²) in [4.78, 5) is 0. The molecule has 1 saturated carbocycles. The number of benzene rings is 1. The van der Waals surface area contributed by atoms with Gasteiger partial charge in [-0.2, -0.15) is 0 Å². The van der Waals surface area contributed by atoms with Crippen LogP contribution in [0.1, 0.15) is 76.0 Å². The molecule has 0 bridgehead atoms. The molecule has 0 radical (unpaired) electrons. The van der Waals surface area contributed by atoms with Gasteiger partial charge in [0, 0.05) is 4.47 Å². The molecule has 1 heteroatoms. The van der Waals surface area contributed by atoms with Crippen molar-refractivity contribution in [3.8, 4) is 0 Å². The maximum Gasteiger partial charge on any atom is 0.0213 e. The molecule has 0 heterocycles. The van der Waals surface area contributed by atoms with Crippen LogP contribution in [-0.4, -0.2) is 0 Å². The smallest absolute Gasteiger partial charge is 0.0213 e. The molecule has 3 unspecified atom stereocenters. The molecule has 3 rings (SSSR count). The maximum atomic E-state index is 3.83.